The van der Waals surface area contributed by atoms with Crippen LogP contribution in [0.2, 0.25) is 0 Å². The lowest BCUT2D eigenvalue weighted by Gasteiger charge is -2.15. The molecule has 0 rings (SSSR count). The Labute approximate surface area is 89.0 Å². The first kappa shape index (κ1) is 13.5. The zero-order valence-corrected chi connectivity index (χ0v) is 9.19. The lowest BCUT2D eigenvalue weighted by molar-refractivity contribution is -0.158. The van der Waals surface area contributed by atoms with E-state index in [9.17, 15) is 9.59 Å². The van der Waals surface area contributed by atoms with Gasteiger partial charge in [-0.05, 0) is 6.92 Å². The molecule has 0 aliphatic heterocycles. The zero-order valence-electron chi connectivity index (χ0n) is 9.19. The van der Waals surface area contributed by atoms with Crippen LogP contribution < -0.4 is 0 Å². The Balaban J connectivity index is 3.93. The molecule has 0 spiro atoms. The molecule has 0 amide bonds. The van der Waals surface area contributed by atoms with E-state index in [1.165, 1.54) is 20.1 Å². The molecule has 1 unspecified atom stereocenters. The van der Waals surface area contributed by atoms with Gasteiger partial charge in [0.15, 0.2) is 6.10 Å². The fourth-order valence-electron chi connectivity index (χ4n) is 0.820. The van der Waals surface area contributed by atoms with E-state index in [0.29, 0.717) is 0 Å². The maximum Gasteiger partial charge on any atom is 0.303 e. The second kappa shape index (κ2) is 7.84. The Morgan fingerprint density at radius 1 is 1.20 bits per heavy atom. The Morgan fingerprint density at radius 2 is 1.87 bits per heavy atom. The highest BCUT2D eigenvalue weighted by molar-refractivity contribution is 5.67. The summed E-state index contributed by atoms with van der Waals surface area (Å²) in [5.41, 5.74) is 0. The maximum atomic E-state index is 10.7. The molecule has 0 aromatic heterocycles. The van der Waals surface area contributed by atoms with E-state index in [2.05, 4.69) is 0 Å². The molecule has 0 fully saturated rings. The van der Waals surface area contributed by atoms with Crippen molar-refractivity contribution in [3.05, 3.63) is 12.3 Å². The molecule has 5 nitrogen and oxygen atoms in total. The molecule has 0 N–H and O–H groups in total. The summed E-state index contributed by atoms with van der Waals surface area (Å²) in [5, 5.41) is 0. The first-order chi connectivity index (χ1) is 7.06. The summed E-state index contributed by atoms with van der Waals surface area (Å²) in [4.78, 5) is 21.2. The standard InChI is InChI=1S/C10H16O5/c1-4-5-13-6-10(15-9(3)12)7-14-8(2)11/h4-5,10H,6-7H2,1-3H3. The average Bonchev–Trinajstić information content (AvgIpc) is 2.13. The van der Waals surface area contributed by atoms with Crippen molar-refractivity contribution in [2.75, 3.05) is 13.2 Å². The van der Waals surface area contributed by atoms with Crippen molar-refractivity contribution in [3.8, 4) is 0 Å². The summed E-state index contributed by atoms with van der Waals surface area (Å²) in [6.07, 6.45) is 2.61. The number of carbonyl (C=O) groups excluding carboxylic acids is 2. The van der Waals surface area contributed by atoms with Crippen molar-refractivity contribution in [2.24, 2.45) is 0 Å². The van der Waals surface area contributed by atoms with Crippen LogP contribution in [-0.2, 0) is 23.8 Å². The zero-order chi connectivity index (χ0) is 11.7. The van der Waals surface area contributed by atoms with Gasteiger partial charge >= 0.3 is 11.9 Å². The van der Waals surface area contributed by atoms with Crippen LogP contribution in [-0.4, -0.2) is 31.3 Å². The van der Waals surface area contributed by atoms with E-state index >= 15 is 0 Å². The number of hydrogen-bond donors (Lipinski definition) is 0. The third-order valence-electron chi connectivity index (χ3n) is 1.32. The highest BCUT2D eigenvalue weighted by Gasteiger charge is 2.13. The van der Waals surface area contributed by atoms with Gasteiger partial charge in [0.05, 0.1) is 6.26 Å². The van der Waals surface area contributed by atoms with Gasteiger partial charge in [-0.15, -0.1) is 0 Å². The van der Waals surface area contributed by atoms with Crippen LogP contribution in [0.3, 0.4) is 0 Å². The van der Waals surface area contributed by atoms with Gasteiger partial charge in [-0.3, -0.25) is 9.59 Å². The SMILES string of the molecule is CC=COCC(COC(C)=O)OC(C)=O. The summed E-state index contributed by atoms with van der Waals surface area (Å²) in [6.45, 7) is 4.55. The minimum atomic E-state index is -0.567. The lowest BCUT2D eigenvalue weighted by Crippen LogP contribution is -2.27. The smallest absolute Gasteiger partial charge is 0.303 e. The summed E-state index contributed by atoms with van der Waals surface area (Å²) in [6, 6.07) is 0. The second-order valence-corrected chi connectivity index (χ2v) is 2.84. The molecule has 0 aliphatic carbocycles. The third-order valence-corrected chi connectivity index (χ3v) is 1.32. The quantitative estimate of drug-likeness (QED) is 0.490. The molecule has 0 saturated heterocycles. The van der Waals surface area contributed by atoms with Crippen LogP contribution in [0, 0.1) is 0 Å². The van der Waals surface area contributed by atoms with Crippen molar-refractivity contribution in [1.29, 1.82) is 0 Å². The van der Waals surface area contributed by atoms with Gasteiger partial charge in [0.2, 0.25) is 0 Å². The largest absolute Gasteiger partial charge is 0.498 e. The molecule has 15 heavy (non-hydrogen) atoms. The number of carbonyl (C=O) groups is 2. The molecule has 1 atom stereocenters. The molecular weight excluding hydrogens is 200 g/mol. The van der Waals surface area contributed by atoms with E-state index in [1.807, 2.05) is 0 Å². The molecule has 0 saturated carbocycles. The molecule has 86 valence electrons. The van der Waals surface area contributed by atoms with Gasteiger partial charge in [0.25, 0.3) is 0 Å². The van der Waals surface area contributed by atoms with Gasteiger partial charge in [0, 0.05) is 13.8 Å². The van der Waals surface area contributed by atoms with Crippen molar-refractivity contribution >= 4 is 11.9 Å². The second-order valence-electron chi connectivity index (χ2n) is 2.84. The van der Waals surface area contributed by atoms with Crippen LogP contribution in [0.25, 0.3) is 0 Å². The van der Waals surface area contributed by atoms with Crippen molar-refractivity contribution in [2.45, 2.75) is 26.9 Å². The van der Waals surface area contributed by atoms with E-state index in [1.54, 1.807) is 13.0 Å². The van der Waals surface area contributed by atoms with Crippen molar-refractivity contribution in [3.63, 3.8) is 0 Å². The highest BCUT2D eigenvalue weighted by Crippen LogP contribution is 1.97. The fourth-order valence-corrected chi connectivity index (χ4v) is 0.820. The first-order valence-corrected chi connectivity index (χ1v) is 4.59. The normalized spacial score (nSPS) is 12.2. The molecule has 0 aliphatic rings. The predicted octanol–water partition coefficient (Wildman–Crippen LogP) is 1.03. The highest BCUT2D eigenvalue weighted by atomic mass is 16.6. The van der Waals surface area contributed by atoms with Crippen LogP contribution in [0.4, 0.5) is 0 Å². The van der Waals surface area contributed by atoms with Crippen molar-refractivity contribution < 1.29 is 23.8 Å². The summed E-state index contributed by atoms with van der Waals surface area (Å²) >= 11 is 0. The minimum Gasteiger partial charge on any atom is -0.498 e. The summed E-state index contributed by atoms with van der Waals surface area (Å²) < 4.78 is 14.6. The van der Waals surface area contributed by atoms with E-state index in [-0.39, 0.29) is 13.2 Å². The summed E-state index contributed by atoms with van der Waals surface area (Å²) in [5.74, 6) is -0.852. The van der Waals surface area contributed by atoms with Crippen molar-refractivity contribution in [1.82, 2.24) is 0 Å². The van der Waals surface area contributed by atoms with Gasteiger partial charge in [-0.2, -0.15) is 0 Å². The first-order valence-electron chi connectivity index (χ1n) is 4.59. The Morgan fingerprint density at radius 3 is 2.33 bits per heavy atom. The number of ether oxygens (including phenoxy) is 3. The third kappa shape index (κ3) is 8.80. The maximum absolute atomic E-state index is 10.7. The van der Waals surface area contributed by atoms with Crippen LogP contribution in [0.5, 0.6) is 0 Å². The molecule has 0 heterocycles. The molecule has 5 heteroatoms. The summed E-state index contributed by atoms with van der Waals surface area (Å²) in [7, 11) is 0. The van der Waals surface area contributed by atoms with Crippen LogP contribution >= 0.6 is 0 Å². The number of rotatable bonds is 6. The molecule has 0 aromatic carbocycles. The van der Waals surface area contributed by atoms with Gasteiger partial charge in [0.1, 0.15) is 13.2 Å². The van der Waals surface area contributed by atoms with Crippen LogP contribution in [0.15, 0.2) is 12.3 Å². The Kier molecular flexibility index (Phi) is 7.05. The average molecular weight is 216 g/mol. The topological polar surface area (TPSA) is 61.8 Å². The van der Waals surface area contributed by atoms with E-state index < -0.39 is 18.0 Å². The Bertz CT molecular complexity index is 234. The Hall–Kier alpha value is -1.52. The number of esters is 2. The van der Waals surface area contributed by atoms with Gasteiger partial charge < -0.3 is 14.2 Å². The molecular formula is C10H16O5. The lowest BCUT2D eigenvalue weighted by atomic mass is 10.4. The number of allylic oxidation sites excluding steroid dienone is 1. The number of hydrogen-bond acceptors (Lipinski definition) is 5. The van der Waals surface area contributed by atoms with Crippen LogP contribution in [0.1, 0.15) is 20.8 Å². The molecule has 0 aromatic rings. The fraction of sp³-hybridized carbons (Fsp3) is 0.600. The monoisotopic (exact) mass is 216 g/mol. The van der Waals surface area contributed by atoms with Gasteiger partial charge in [-0.25, -0.2) is 0 Å². The van der Waals surface area contributed by atoms with E-state index in [0.717, 1.165) is 0 Å². The minimum absolute atomic E-state index is 0.00642. The molecule has 0 radical (unpaired) electrons. The van der Waals surface area contributed by atoms with E-state index in [4.69, 9.17) is 14.2 Å². The van der Waals surface area contributed by atoms with Gasteiger partial charge in [-0.1, -0.05) is 6.08 Å². The molecule has 0 bridgehead atoms. The predicted molar refractivity (Wildman–Crippen MR) is 53.0 cm³/mol.